The molecule has 0 N–H and O–H groups in total. The quantitative estimate of drug-likeness (QED) is 0.748. The predicted octanol–water partition coefficient (Wildman–Crippen LogP) is 2.20. The van der Waals surface area contributed by atoms with Gasteiger partial charge < -0.3 is 9.64 Å². The van der Waals surface area contributed by atoms with Crippen molar-refractivity contribution in [2.45, 2.75) is 69.9 Å². The maximum Gasteiger partial charge on any atom is 0.323 e. The Bertz CT molecular complexity index is 426. The molecule has 1 aliphatic carbocycles. The first kappa shape index (κ1) is 16.7. The molecule has 0 radical (unpaired) electrons. The SMILES string of the molecule is CN1CCC[C@H]1C(=O)OC1CCN(C(=O)C2CCCCC2)CC1. The van der Waals surface area contributed by atoms with E-state index in [9.17, 15) is 9.59 Å². The first-order valence-corrected chi connectivity index (χ1v) is 9.34. The maximum atomic E-state index is 12.5. The van der Waals surface area contributed by atoms with Crippen molar-refractivity contribution >= 4 is 11.9 Å². The van der Waals surface area contributed by atoms with Gasteiger partial charge in [0, 0.05) is 31.8 Å². The van der Waals surface area contributed by atoms with Crippen molar-refractivity contribution in [3.8, 4) is 0 Å². The lowest BCUT2D eigenvalue weighted by molar-refractivity contribution is -0.157. The summed E-state index contributed by atoms with van der Waals surface area (Å²) < 4.78 is 5.70. The number of hydrogen-bond acceptors (Lipinski definition) is 4. The largest absolute Gasteiger partial charge is 0.461 e. The highest BCUT2D eigenvalue weighted by Gasteiger charge is 2.33. The molecule has 23 heavy (non-hydrogen) atoms. The van der Waals surface area contributed by atoms with Crippen LogP contribution in [0.3, 0.4) is 0 Å². The van der Waals surface area contributed by atoms with Gasteiger partial charge in [-0.1, -0.05) is 19.3 Å². The number of nitrogens with zero attached hydrogens (tertiary/aromatic N) is 2. The summed E-state index contributed by atoms with van der Waals surface area (Å²) in [4.78, 5) is 28.9. The van der Waals surface area contributed by atoms with Crippen LogP contribution in [0.25, 0.3) is 0 Å². The molecule has 0 aromatic rings. The summed E-state index contributed by atoms with van der Waals surface area (Å²) in [5.41, 5.74) is 0. The molecular weight excluding hydrogens is 292 g/mol. The summed E-state index contributed by atoms with van der Waals surface area (Å²) in [7, 11) is 1.99. The summed E-state index contributed by atoms with van der Waals surface area (Å²) in [6.07, 6.45) is 9.34. The van der Waals surface area contributed by atoms with Gasteiger partial charge in [0.1, 0.15) is 12.1 Å². The van der Waals surface area contributed by atoms with Crippen LogP contribution in [0.15, 0.2) is 0 Å². The number of carbonyl (C=O) groups excluding carboxylic acids is 2. The number of esters is 1. The standard InChI is InChI=1S/C18H30N2O3/c1-19-11-5-8-16(19)18(22)23-15-9-12-20(13-10-15)17(21)14-6-3-2-4-7-14/h14-16H,2-13H2,1H3/t16-/m0/s1. The molecule has 1 atom stereocenters. The minimum atomic E-state index is -0.0675. The molecule has 5 nitrogen and oxygen atoms in total. The van der Waals surface area contributed by atoms with E-state index in [4.69, 9.17) is 4.74 Å². The molecular formula is C18H30N2O3. The Balaban J connectivity index is 1.43. The fraction of sp³-hybridized carbons (Fsp3) is 0.889. The van der Waals surface area contributed by atoms with Gasteiger partial charge in [-0.05, 0) is 39.3 Å². The fourth-order valence-corrected chi connectivity index (χ4v) is 4.25. The molecule has 1 saturated carbocycles. The van der Waals surface area contributed by atoms with E-state index in [0.717, 1.165) is 58.2 Å². The average Bonchev–Trinajstić information content (AvgIpc) is 3.02. The highest BCUT2D eigenvalue weighted by Crippen LogP contribution is 2.27. The zero-order chi connectivity index (χ0) is 16.2. The van der Waals surface area contributed by atoms with E-state index < -0.39 is 0 Å². The molecule has 0 aromatic carbocycles. The van der Waals surface area contributed by atoms with Crippen molar-refractivity contribution in [3.05, 3.63) is 0 Å². The topological polar surface area (TPSA) is 49.9 Å². The third-order valence-corrected chi connectivity index (χ3v) is 5.78. The maximum absolute atomic E-state index is 12.5. The molecule has 2 saturated heterocycles. The number of amides is 1. The second-order valence-corrected chi connectivity index (χ2v) is 7.44. The van der Waals surface area contributed by atoms with E-state index in [1.54, 1.807) is 0 Å². The van der Waals surface area contributed by atoms with Gasteiger partial charge in [-0.15, -0.1) is 0 Å². The number of likely N-dealkylation sites (tertiary alicyclic amines) is 2. The van der Waals surface area contributed by atoms with Crippen molar-refractivity contribution in [2.24, 2.45) is 5.92 Å². The Labute approximate surface area is 139 Å². The van der Waals surface area contributed by atoms with Crippen molar-refractivity contribution in [2.75, 3.05) is 26.7 Å². The van der Waals surface area contributed by atoms with E-state index in [-0.39, 0.29) is 24.0 Å². The van der Waals surface area contributed by atoms with Gasteiger partial charge in [0.05, 0.1) is 0 Å². The van der Waals surface area contributed by atoms with Gasteiger partial charge in [-0.25, -0.2) is 0 Å². The van der Waals surface area contributed by atoms with E-state index in [1.807, 2.05) is 11.9 Å². The highest BCUT2D eigenvalue weighted by molar-refractivity contribution is 5.79. The van der Waals surface area contributed by atoms with Crippen LogP contribution in [0.5, 0.6) is 0 Å². The third kappa shape index (κ3) is 4.06. The van der Waals surface area contributed by atoms with Crippen molar-refractivity contribution in [1.82, 2.24) is 9.80 Å². The number of piperidine rings is 1. The Morgan fingerprint density at radius 2 is 1.57 bits per heavy atom. The summed E-state index contributed by atoms with van der Waals surface area (Å²) in [5.74, 6) is 0.516. The summed E-state index contributed by atoms with van der Waals surface area (Å²) >= 11 is 0. The summed E-state index contributed by atoms with van der Waals surface area (Å²) in [6, 6.07) is -0.0584. The number of ether oxygens (including phenoxy) is 1. The average molecular weight is 322 g/mol. The monoisotopic (exact) mass is 322 g/mol. The molecule has 0 spiro atoms. The Kier molecular flexibility index (Phi) is 5.57. The molecule has 1 amide bonds. The first-order valence-electron chi connectivity index (χ1n) is 9.34. The predicted molar refractivity (Wildman–Crippen MR) is 87.9 cm³/mol. The Morgan fingerprint density at radius 1 is 0.870 bits per heavy atom. The van der Waals surface area contributed by atoms with Crippen LogP contribution in [0.2, 0.25) is 0 Å². The first-order chi connectivity index (χ1) is 11.1. The van der Waals surface area contributed by atoms with Crippen LogP contribution in [-0.2, 0) is 14.3 Å². The van der Waals surface area contributed by atoms with Crippen molar-refractivity contribution < 1.29 is 14.3 Å². The van der Waals surface area contributed by atoms with Crippen LogP contribution in [-0.4, -0.2) is 60.5 Å². The van der Waals surface area contributed by atoms with Crippen LogP contribution >= 0.6 is 0 Å². The molecule has 0 bridgehead atoms. The molecule has 3 fully saturated rings. The van der Waals surface area contributed by atoms with Gasteiger partial charge in [-0.2, -0.15) is 0 Å². The van der Waals surface area contributed by atoms with E-state index in [2.05, 4.69) is 4.90 Å². The summed E-state index contributed by atoms with van der Waals surface area (Å²) in [6.45, 7) is 2.47. The third-order valence-electron chi connectivity index (χ3n) is 5.78. The van der Waals surface area contributed by atoms with Crippen LogP contribution < -0.4 is 0 Å². The second-order valence-electron chi connectivity index (χ2n) is 7.44. The van der Waals surface area contributed by atoms with E-state index in [0.29, 0.717) is 5.91 Å². The van der Waals surface area contributed by atoms with E-state index in [1.165, 1.54) is 19.3 Å². The van der Waals surface area contributed by atoms with E-state index >= 15 is 0 Å². The minimum Gasteiger partial charge on any atom is -0.461 e. The van der Waals surface area contributed by atoms with Gasteiger partial charge in [0.2, 0.25) is 5.91 Å². The molecule has 130 valence electrons. The number of carbonyl (C=O) groups is 2. The molecule has 2 heterocycles. The van der Waals surface area contributed by atoms with Gasteiger partial charge in [0.25, 0.3) is 0 Å². The van der Waals surface area contributed by atoms with Crippen LogP contribution in [0.1, 0.15) is 57.8 Å². The summed E-state index contributed by atoms with van der Waals surface area (Å²) in [5, 5.41) is 0. The Morgan fingerprint density at radius 3 is 2.17 bits per heavy atom. The molecule has 2 aliphatic heterocycles. The molecule has 5 heteroatoms. The van der Waals surface area contributed by atoms with Gasteiger partial charge >= 0.3 is 5.97 Å². The fourth-order valence-electron chi connectivity index (χ4n) is 4.25. The highest BCUT2D eigenvalue weighted by atomic mass is 16.5. The molecule has 3 aliphatic rings. The van der Waals surface area contributed by atoms with Gasteiger partial charge in [0.15, 0.2) is 0 Å². The Hall–Kier alpha value is -1.10. The van der Waals surface area contributed by atoms with Crippen LogP contribution in [0.4, 0.5) is 0 Å². The number of hydrogen-bond donors (Lipinski definition) is 0. The molecule has 0 aromatic heterocycles. The molecule has 3 rings (SSSR count). The zero-order valence-electron chi connectivity index (χ0n) is 14.3. The number of rotatable bonds is 3. The molecule has 0 unspecified atom stereocenters. The number of likely N-dealkylation sites (N-methyl/N-ethyl adjacent to an activating group) is 1. The second kappa shape index (κ2) is 7.65. The lowest BCUT2D eigenvalue weighted by Crippen LogP contribution is -2.45. The van der Waals surface area contributed by atoms with Crippen molar-refractivity contribution in [3.63, 3.8) is 0 Å². The van der Waals surface area contributed by atoms with Gasteiger partial charge in [-0.3, -0.25) is 14.5 Å². The lowest BCUT2D eigenvalue weighted by Gasteiger charge is -2.35. The zero-order valence-corrected chi connectivity index (χ0v) is 14.3. The smallest absolute Gasteiger partial charge is 0.323 e. The van der Waals surface area contributed by atoms with Crippen LogP contribution in [0, 0.1) is 5.92 Å². The normalized spacial score (nSPS) is 28.0. The van der Waals surface area contributed by atoms with Crippen molar-refractivity contribution in [1.29, 1.82) is 0 Å². The minimum absolute atomic E-state index is 0.00749. The lowest BCUT2D eigenvalue weighted by atomic mass is 9.88.